The zero-order valence-corrected chi connectivity index (χ0v) is 12.1. The predicted octanol–water partition coefficient (Wildman–Crippen LogP) is 1.65. The molecule has 108 valence electrons. The molecule has 0 aliphatic heterocycles. The van der Waals surface area contributed by atoms with Gasteiger partial charge >= 0.3 is 0 Å². The second kappa shape index (κ2) is 7.67. The molecule has 1 atom stereocenters. The number of hydrogen-bond donors (Lipinski definition) is 2. The Morgan fingerprint density at radius 3 is 2.80 bits per heavy atom. The molecule has 0 fully saturated rings. The van der Waals surface area contributed by atoms with Crippen molar-refractivity contribution in [3.63, 3.8) is 0 Å². The van der Waals surface area contributed by atoms with Crippen LogP contribution in [-0.4, -0.2) is 21.7 Å². The van der Waals surface area contributed by atoms with E-state index in [2.05, 4.69) is 10.4 Å². The molecular formula is C14H19ClN4O. The van der Waals surface area contributed by atoms with Crippen molar-refractivity contribution in [1.29, 1.82) is 0 Å². The largest absolute Gasteiger partial charge is 0.352 e. The van der Waals surface area contributed by atoms with Crippen molar-refractivity contribution < 1.29 is 4.79 Å². The highest BCUT2D eigenvalue weighted by atomic mass is 35.5. The van der Waals surface area contributed by atoms with Gasteiger partial charge in [-0.25, -0.2) is 4.68 Å². The van der Waals surface area contributed by atoms with Gasteiger partial charge in [0.1, 0.15) is 0 Å². The average molecular weight is 295 g/mol. The zero-order valence-electron chi connectivity index (χ0n) is 11.3. The highest BCUT2D eigenvalue weighted by Crippen LogP contribution is 2.13. The molecule has 1 unspecified atom stereocenters. The molecule has 1 aromatic carbocycles. The van der Waals surface area contributed by atoms with Crippen LogP contribution >= 0.6 is 12.4 Å². The molecule has 6 heteroatoms. The fourth-order valence-electron chi connectivity index (χ4n) is 1.85. The van der Waals surface area contributed by atoms with Gasteiger partial charge in [0.2, 0.25) is 5.91 Å². The lowest BCUT2D eigenvalue weighted by Crippen LogP contribution is -2.29. The van der Waals surface area contributed by atoms with E-state index in [0.29, 0.717) is 13.0 Å². The van der Waals surface area contributed by atoms with Crippen LogP contribution in [0.15, 0.2) is 42.7 Å². The van der Waals surface area contributed by atoms with Gasteiger partial charge in [0.05, 0.1) is 5.69 Å². The lowest BCUT2D eigenvalue weighted by molar-refractivity contribution is -0.121. The first-order valence-corrected chi connectivity index (χ1v) is 6.27. The topological polar surface area (TPSA) is 72.9 Å². The van der Waals surface area contributed by atoms with E-state index in [0.717, 1.165) is 11.3 Å². The maximum Gasteiger partial charge on any atom is 0.221 e. The molecule has 0 aliphatic rings. The minimum Gasteiger partial charge on any atom is -0.352 e. The van der Waals surface area contributed by atoms with Crippen LogP contribution in [0, 0.1) is 0 Å². The number of para-hydroxylation sites is 1. The van der Waals surface area contributed by atoms with Crippen molar-refractivity contribution in [1.82, 2.24) is 15.1 Å². The standard InChI is InChI=1S/C14H18N4O.ClH/c1-11(15)9-14(19)16-10-12-5-2-3-6-13(12)18-8-4-7-17-18;/h2-8,11H,9-10,15H2,1H3,(H,16,19);1H. The summed E-state index contributed by atoms with van der Waals surface area (Å²) < 4.78 is 1.78. The van der Waals surface area contributed by atoms with Gasteiger partial charge in [-0.05, 0) is 24.6 Å². The number of rotatable bonds is 5. The van der Waals surface area contributed by atoms with Gasteiger partial charge in [-0.3, -0.25) is 4.79 Å². The Morgan fingerprint density at radius 1 is 1.40 bits per heavy atom. The first-order valence-electron chi connectivity index (χ1n) is 6.27. The van der Waals surface area contributed by atoms with Crippen molar-refractivity contribution in [3.8, 4) is 5.69 Å². The maximum atomic E-state index is 11.6. The SMILES string of the molecule is CC(N)CC(=O)NCc1ccccc1-n1cccn1.Cl. The fraction of sp³-hybridized carbons (Fsp3) is 0.286. The number of nitrogens with one attached hydrogen (secondary N) is 1. The molecule has 5 nitrogen and oxygen atoms in total. The van der Waals surface area contributed by atoms with Crippen molar-refractivity contribution in [2.75, 3.05) is 0 Å². The molecule has 2 aromatic rings. The Balaban J connectivity index is 0.00000200. The summed E-state index contributed by atoms with van der Waals surface area (Å²) in [6.45, 7) is 2.29. The highest BCUT2D eigenvalue weighted by Gasteiger charge is 2.07. The Kier molecular flexibility index (Phi) is 6.21. The van der Waals surface area contributed by atoms with Crippen LogP contribution in [0.2, 0.25) is 0 Å². The lowest BCUT2D eigenvalue weighted by atomic mass is 10.1. The summed E-state index contributed by atoms with van der Waals surface area (Å²) >= 11 is 0. The molecule has 0 aliphatic carbocycles. The summed E-state index contributed by atoms with van der Waals surface area (Å²) in [6, 6.07) is 9.58. The summed E-state index contributed by atoms with van der Waals surface area (Å²) in [4.78, 5) is 11.6. The monoisotopic (exact) mass is 294 g/mol. The molecule has 1 aromatic heterocycles. The fourth-order valence-corrected chi connectivity index (χ4v) is 1.85. The molecule has 1 amide bonds. The third kappa shape index (κ3) is 4.36. The number of benzene rings is 1. The van der Waals surface area contributed by atoms with Crippen LogP contribution in [0.4, 0.5) is 0 Å². The van der Waals surface area contributed by atoms with Gasteiger partial charge in [-0.1, -0.05) is 18.2 Å². The van der Waals surface area contributed by atoms with E-state index in [-0.39, 0.29) is 24.4 Å². The molecule has 1 heterocycles. The Morgan fingerprint density at radius 2 is 2.15 bits per heavy atom. The van der Waals surface area contributed by atoms with Crippen molar-refractivity contribution >= 4 is 18.3 Å². The van der Waals surface area contributed by atoms with Crippen LogP contribution in [0.1, 0.15) is 18.9 Å². The molecular weight excluding hydrogens is 276 g/mol. The number of amides is 1. The third-order valence-electron chi connectivity index (χ3n) is 2.73. The molecule has 20 heavy (non-hydrogen) atoms. The van der Waals surface area contributed by atoms with Gasteiger partial charge in [-0.15, -0.1) is 12.4 Å². The van der Waals surface area contributed by atoms with E-state index in [9.17, 15) is 4.79 Å². The second-order valence-corrected chi connectivity index (χ2v) is 4.54. The predicted molar refractivity (Wildman–Crippen MR) is 80.9 cm³/mol. The van der Waals surface area contributed by atoms with E-state index in [1.165, 1.54) is 0 Å². The first-order chi connectivity index (χ1) is 9.16. The molecule has 2 rings (SSSR count). The summed E-state index contributed by atoms with van der Waals surface area (Å²) in [7, 11) is 0. The second-order valence-electron chi connectivity index (χ2n) is 4.54. The highest BCUT2D eigenvalue weighted by molar-refractivity contribution is 5.85. The number of aromatic nitrogens is 2. The molecule has 3 N–H and O–H groups in total. The molecule has 0 spiro atoms. The van der Waals surface area contributed by atoms with Crippen molar-refractivity contribution in [2.24, 2.45) is 5.73 Å². The van der Waals surface area contributed by atoms with Crippen LogP contribution < -0.4 is 11.1 Å². The van der Waals surface area contributed by atoms with E-state index >= 15 is 0 Å². The lowest BCUT2D eigenvalue weighted by Gasteiger charge is -2.11. The van der Waals surface area contributed by atoms with E-state index < -0.39 is 0 Å². The Hall–Kier alpha value is -1.85. The van der Waals surface area contributed by atoms with Crippen molar-refractivity contribution in [3.05, 3.63) is 48.3 Å². The van der Waals surface area contributed by atoms with Gasteiger partial charge in [-0.2, -0.15) is 5.10 Å². The van der Waals surface area contributed by atoms with E-state index in [1.54, 1.807) is 10.9 Å². The summed E-state index contributed by atoms with van der Waals surface area (Å²) in [5.74, 6) is -0.0368. The number of halogens is 1. The van der Waals surface area contributed by atoms with Crippen LogP contribution in [-0.2, 0) is 11.3 Å². The number of nitrogens with zero attached hydrogens (tertiary/aromatic N) is 2. The van der Waals surface area contributed by atoms with E-state index in [1.807, 2.05) is 43.5 Å². The average Bonchev–Trinajstić information content (AvgIpc) is 2.89. The molecule has 0 bridgehead atoms. The number of hydrogen-bond acceptors (Lipinski definition) is 3. The van der Waals surface area contributed by atoms with E-state index in [4.69, 9.17) is 5.73 Å². The molecule has 0 radical (unpaired) electrons. The van der Waals surface area contributed by atoms with Gasteiger partial charge in [0.25, 0.3) is 0 Å². The Bertz CT molecular complexity index is 540. The smallest absolute Gasteiger partial charge is 0.221 e. The summed E-state index contributed by atoms with van der Waals surface area (Å²) in [5, 5.41) is 7.08. The third-order valence-corrected chi connectivity index (χ3v) is 2.73. The summed E-state index contributed by atoms with van der Waals surface area (Å²) in [5.41, 5.74) is 7.58. The Labute approximate surface area is 124 Å². The minimum atomic E-state index is -0.124. The number of carbonyl (C=O) groups excluding carboxylic acids is 1. The van der Waals surface area contributed by atoms with Gasteiger partial charge < -0.3 is 11.1 Å². The minimum absolute atomic E-state index is 0. The van der Waals surface area contributed by atoms with Crippen molar-refractivity contribution in [2.45, 2.75) is 25.9 Å². The van der Waals surface area contributed by atoms with Crippen LogP contribution in [0.25, 0.3) is 5.69 Å². The molecule has 0 saturated carbocycles. The number of carbonyl (C=O) groups is 1. The first kappa shape index (κ1) is 16.2. The summed E-state index contributed by atoms with van der Waals surface area (Å²) in [6.07, 6.45) is 3.94. The van der Waals surface area contributed by atoms with Crippen LogP contribution in [0.3, 0.4) is 0 Å². The molecule has 0 saturated heterocycles. The quantitative estimate of drug-likeness (QED) is 0.880. The van der Waals surface area contributed by atoms with Gasteiger partial charge in [0.15, 0.2) is 0 Å². The zero-order chi connectivity index (χ0) is 13.7. The van der Waals surface area contributed by atoms with Crippen LogP contribution in [0.5, 0.6) is 0 Å². The normalized spacial score (nSPS) is 11.5. The van der Waals surface area contributed by atoms with Gasteiger partial charge in [0, 0.05) is 31.4 Å². The number of nitrogens with two attached hydrogens (primary N) is 1. The maximum absolute atomic E-state index is 11.6.